The minimum atomic E-state index is 0.706. The van der Waals surface area contributed by atoms with E-state index in [-0.39, 0.29) is 0 Å². The Labute approximate surface area is 155 Å². The smallest absolute Gasteiger partial charge is 0.0991 e. The van der Waals surface area contributed by atoms with E-state index in [4.69, 9.17) is 5.26 Å². The molecule has 1 aliphatic rings. The zero-order valence-electron chi connectivity index (χ0n) is 15.3. The summed E-state index contributed by atoms with van der Waals surface area (Å²) in [7, 11) is 0. The van der Waals surface area contributed by atoms with Crippen LogP contribution in [0.4, 0.5) is 0 Å². The molecule has 0 spiro atoms. The number of nitrogens with zero attached hydrogens (tertiary/aromatic N) is 1. The first-order valence-electron chi connectivity index (χ1n) is 9.54. The first kappa shape index (κ1) is 16.6. The van der Waals surface area contributed by atoms with Crippen LogP contribution in [0.15, 0.2) is 60.7 Å². The number of fused-ring (bicyclic) bond motifs is 3. The lowest BCUT2D eigenvalue weighted by Gasteiger charge is -2.06. The van der Waals surface area contributed by atoms with Crippen molar-refractivity contribution >= 4 is 0 Å². The summed E-state index contributed by atoms with van der Waals surface area (Å²) in [6.07, 6.45) is 6.08. The second-order valence-corrected chi connectivity index (χ2v) is 7.19. The predicted molar refractivity (Wildman–Crippen MR) is 108 cm³/mol. The van der Waals surface area contributed by atoms with Gasteiger partial charge in [0.2, 0.25) is 0 Å². The third-order valence-electron chi connectivity index (χ3n) is 5.36. The Morgan fingerprint density at radius 1 is 0.808 bits per heavy atom. The van der Waals surface area contributed by atoms with Gasteiger partial charge in [-0.2, -0.15) is 5.26 Å². The van der Waals surface area contributed by atoms with Crippen LogP contribution in [0.2, 0.25) is 0 Å². The summed E-state index contributed by atoms with van der Waals surface area (Å²) >= 11 is 0. The number of nitriles is 1. The molecule has 1 aliphatic carbocycles. The van der Waals surface area contributed by atoms with Gasteiger partial charge in [0.1, 0.15) is 0 Å². The maximum Gasteiger partial charge on any atom is 0.0991 e. The van der Waals surface area contributed by atoms with E-state index in [2.05, 4.69) is 49.4 Å². The Kier molecular flexibility index (Phi) is 4.59. The molecule has 0 heterocycles. The molecule has 0 atom stereocenters. The van der Waals surface area contributed by atoms with Crippen molar-refractivity contribution in [3.8, 4) is 28.3 Å². The Balaban J connectivity index is 1.60. The number of rotatable bonds is 5. The first-order chi connectivity index (χ1) is 12.8. The summed E-state index contributed by atoms with van der Waals surface area (Å²) in [4.78, 5) is 0. The molecule has 26 heavy (non-hydrogen) atoms. The Morgan fingerprint density at radius 3 is 2.23 bits per heavy atom. The maximum absolute atomic E-state index is 8.97. The minimum absolute atomic E-state index is 0.706. The second-order valence-electron chi connectivity index (χ2n) is 7.19. The molecule has 0 saturated carbocycles. The minimum Gasteiger partial charge on any atom is -0.192 e. The molecule has 0 fully saturated rings. The highest BCUT2D eigenvalue weighted by atomic mass is 14.2. The Morgan fingerprint density at radius 2 is 1.50 bits per heavy atom. The molecule has 0 unspecified atom stereocenters. The van der Waals surface area contributed by atoms with Crippen molar-refractivity contribution in [1.82, 2.24) is 0 Å². The first-order valence-corrected chi connectivity index (χ1v) is 9.54. The van der Waals surface area contributed by atoms with Crippen LogP contribution in [0.25, 0.3) is 22.3 Å². The van der Waals surface area contributed by atoms with E-state index < -0.39 is 0 Å². The molecule has 0 bridgehead atoms. The highest BCUT2D eigenvalue weighted by Crippen LogP contribution is 2.39. The lowest BCUT2D eigenvalue weighted by atomic mass is 9.98. The predicted octanol–water partition coefficient (Wildman–Crippen LogP) is 6.53. The molecule has 0 N–H and O–H groups in total. The van der Waals surface area contributed by atoms with Crippen LogP contribution in [0.1, 0.15) is 48.4 Å². The van der Waals surface area contributed by atoms with E-state index >= 15 is 0 Å². The van der Waals surface area contributed by atoms with Crippen LogP contribution in [0, 0.1) is 11.3 Å². The monoisotopic (exact) mass is 337 g/mol. The number of unbranched alkanes of at least 4 members (excludes halogenated alkanes) is 2. The van der Waals surface area contributed by atoms with Crippen LogP contribution in [-0.4, -0.2) is 0 Å². The van der Waals surface area contributed by atoms with Crippen molar-refractivity contribution < 1.29 is 0 Å². The van der Waals surface area contributed by atoms with E-state index in [0.717, 1.165) is 6.42 Å². The lowest BCUT2D eigenvalue weighted by Crippen LogP contribution is -1.88. The summed E-state index contributed by atoms with van der Waals surface area (Å²) in [5.41, 5.74) is 10.2. The van der Waals surface area contributed by atoms with E-state index in [9.17, 15) is 0 Å². The highest BCUT2D eigenvalue weighted by Gasteiger charge is 2.19. The van der Waals surface area contributed by atoms with Crippen molar-refractivity contribution in [2.45, 2.75) is 39.0 Å². The van der Waals surface area contributed by atoms with E-state index in [0.29, 0.717) is 5.56 Å². The summed E-state index contributed by atoms with van der Waals surface area (Å²) in [6, 6.07) is 23.8. The van der Waals surface area contributed by atoms with Crippen molar-refractivity contribution in [2.75, 3.05) is 0 Å². The molecule has 1 heteroatoms. The summed E-state index contributed by atoms with van der Waals surface area (Å²) in [6.45, 7) is 2.25. The molecular weight excluding hydrogens is 314 g/mol. The highest BCUT2D eigenvalue weighted by molar-refractivity contribution is 5.80. The molecule has 0 saturated heterocycles. The second kappa shape index (κ2) is 7.18. The zero-order valence-corrected chi connectivity index (χ0v) is 15.3. The topological polar surface area (TPSA) is 23.8 Å². The fourth-order valence-corrected chi connectivity index (χ4v) is 3.92. The van der Waals surface area contributed by atoms with Gasteiger partial charge in [-0.05, 0) is 70.3 Å². The molecule has 4 rings (SSSR count). The number of hydrogen-bond acceptors (Lipinski definition) is 1. The van der Waals surface area contributed by atoms with E-state index in [1.54, 1.807) is 0 Å². The van der Waals surface area contributed by atoms with Gasteiger partial charge in [-0.3, -0.25) is 0 Å². The average Bonchev–Trinajstić information content (AvgIpc) is 3.05. The van der Waals surface area contributed by atoms with Gasteiger partial charge in [-0.15, -0.1) is 0 Å². The quantitative estimate of drug-likeness (QED) is 0.380. The molecule has 0 aromatic heterocycles. The van der Waals surface area contributed by atoms with Crippen molar-refractivity contribution in [2.24, 2.45) is 0 Å². The largest absolute Gasteiger partial charge is 0.192 e. The van der Waals surface area contributed by atoms with Crippen LogP contribution in [-0.2, 0) is 12.8 Å². The van der Waals surface area contributed by atoms with Gasteiger partial charge in [0, 0.05) is 0 Å². The number of benzene rings is 3. The molecule has 0 aliphatic heterocycles. The average molecular weight is 337 g/mol. The van der Waals surface area contributed by atoms with Crippen LogP contribution >= 0.6 is 0 Å². The summed E-state index contributed by atoms with van der Waals surface area (Å²) < 4.78 is 0. The molecule has 1 nitrogen and oxygen atoms in total. The molecule has 0 radical (unpaired) electrons. The maximum atomic E-state index is 8.97. The normalized spacial score (nSPS) is 11.7. The van der Waals surface area contributed by atoms with Crippen molar-refractivity contribution in [1.29, 1.82) is 5.26 Å². The van der Waals surface area contributed by atoms with Crippen LogP contribution in [0.3, 0.4) is 0 Å². The molecule has 128 valence electrons. The zero-order chi connectivity index (χ0) is 17.9. The van der Waals surface area contributed by atoms with Gasteiger partial charge >= 0.3 is 0 Å². The van der Waals surface area contributed by atoms with E-state index in [1.165, 1.54) is 64.6 Å². The van der Waals surface area contributed by atoms with Gasteiger partial charge in [-0.25, -0.2) is 0 Å². The van der Waals surface area contributed by atoms with Crippen LogP contribution < -0.4 is 0 Å². The summed E-state index contributed by atoms with van der Waals surface area (Å²) in [5, 5.41) is 8.97. The SMILES string of the molecule is CCCCCc1ccc2c(c1)Cc1cc(-c3ccc(C#N)cc3)ccc1-2. The van der Waals surface area contributed by atoms with Crippen LogP contribution in [0.5, 0.6) is 0 Å². The van der Waals surface area contributed by atoms with Gasteiger partial charge in [0.15, 0.2) is 0 Å². The number of aryl methyl sites for hydroxylation is 1. The van der Waals surface area contributed by atoms with Gasteiger partial charge in [0.25, 0.3) is 0 Å². The third kappa shape index (κ3) is 3.16. The third-order valence-corrected chi connectivity index (χ3v) is 5.36. The molecule has 3 aromatic carbocycles. The fraction of sp³-hybridized carbons (Fsp3) is 0.240. The Hall–Kier alpha value is -2.85. The number of hydrogen-bond donors (Lipinski definition) is 0. The summed E-state index contributed by atoms with van der Waals surface area (Å²) in [5.74, 6) is 0. The van der Waals surface area contributed by atoms with Crippen molar-refractivity contribution in [3.05, 3.63) is 82.9 Å². The van der Waals surface area contributed by atoms with E-state index in [1.807, 2.05) is 24.3 Å². The Bertz CT molecular complexity index is 974. The van der Waals surface area contributed by atoms with Gasteiger partial charge in [-0.1, -0.05) is 68.3 Å². The fourth-order valence-electron chi connectivity index (χ4n) is 3.92. The van der Waals surface area contributed by atoms with Crippen molar-refractivity contribution in [3.63, 3.8) is 0 Å². The lowest BCUT2D eigenvalue weighted by molar-refractivity contribution is 0.717. The molecular formula is C25H23N. The van der Waals surface area contributed by atoms with Gasteiger partial charge < -0.3 is 0 Å². The molecule has 0 amide bonds. The standard InChI is InChI=1S/C25H23N/c1-2-3-4-5-18-8-12-24-22(14-18)16-23-15-21(11-13-25(23)24)20-9-6-19(17-26)7-10-20/h6-15H,2-5,16H2,1H3. The molecule has 3 aromatic rings. The van der Waals surface area contributed by atoms with Gasteiger partial charge in [0.05, 0.1) is 11.6 Å².